The zero-order valence-corrected chi connectivity index (χ0v) is 15.0. The number of fused-ring (bicyclic) bond motifs is 1. The van der Waals surface area contributed by atoms with Gasteiger partial charge in [0.2, 0.25) is 0 Å². The summed E-state index contributed by atoms with van der Waals surface area (Å²) >= 11 is 0. The van der Waals surface area contributed by atoms with Gasteiger partial charge in [0, 0.05) is 11.8 Å². The van der Waals surface area contributed by atoms with E-state index >= 15 is 0 Å². The molecule has 1 aliphatic heterocycles. The third-order valence-corrected chi connectivity index (χ3v) is 6.39. The Hall–Kier alpha value is -1.59. The fourth-order valence-corrected chi connectivity index (χ4v) is 4.51. The summed E-state index contributed by atoms with van der Waals surface area (Å²) in [6, 6.07) is 0. The van der Waals surface area contributed by atoms with E-state index in [0.29, 0.717) is 6.42 Å². The molecule has 0 spiro atoms. The van der Waals surface area contributed by atoms with Gasteiger partial charge in [-0.25, -0.2) is 4.79 Å². The van der Waals surface area contributed by atoms with Crippen LogP contribution >= 0.6 is 0 Å². The van der Waals surface area contributed by atoms with Gasteiger partial charge in [-0.05, 0) is 32.1 Å². The van der Waals surface area contributed by atoms with Crippen LogP contribution in [0.4, 0.5) is 0 Å². The summed E-state index contributed by atoms with van der Waals surface area (Å²) in [5, 5.41) is 0. The monoisotopic (exact) mass is 338 g/mol. The summed E-state index contributed by atoms with van der Waals surface area (Å²) in [5.74, 6) is -1.02. The first kappa shape index (κ1) is 17.2. The standard InChI is InChI=1S/C18H26O6/c1-6-17(2,3)16(21)22-8-11(19)23-14-10-7-9-12(18(10,4)5)15(20)24-13(9)14/h9-10,12-14H,6-8H2,1-5H3. The molecule has 5 atom stereocenters. The zero-order valence-electron chi connectivity index (χ0n) is 15.0. The average molecular weight is 338 g/mol. The summed E-state index contributed by atoms with van der Waals surface area (Å²) in [6.07, 6.45) is 0.695. The van der Waals surface area contributed by atoms with Crippen molar-refractivity contribution in [2.24, 2.45) is 28.6 Å². The van der Waals surface area contributed by atoms with Crippen LogP contribution in [0, 0.1) is 28.6 Å². The van der Waals surface area contributed by atoms with Crippen molar-refractivity contribution in [1.82, 2.24) is 0 Å². The number of hydrogen-bond acceptors (Lipinski definition) is 6. The Morgan fingerprint density at radius 2 is 2.00 bits per heavy atom. The molecule has 0 aromatic heterocycles. The molecule has 2 saturated carbocycles. The van der Waals surface area contributed by atoms with Gasteiger partial charge in [-0.2, -0.15) is 0 Å². The van der Waals surface area contributed by atoms with Crippen LogP contribution in [-0.4, -0.2) is 36.7 Å². The molecule has 0 aromatic rings. The second kappa shape index (κ2) is 5.46. The second-order valence-corrected chi connectivity index (χ2v) is 8.47. The minimum absolute atomic E-state index is 0.0920. The lowest BCUT2D eigenvalue weighted by molar-refractivity contribution is -0.174. The van der Waals surface area contributed by atoms with Crippen molar-refractivity contribution in [1.29, 1.82) is 0 Å². The Labute approximate surface area is 142 Å². The van der Waals surface area contributed by atoms with Gasteiger partial charge < -0.3 is 14.2 Å². The Kier molecular flexibility index (Phi) is 3.92. The maximum absolute atomic E-state index is 12.1. The summed E-state index contributed by atoms with van der Waals surface area (Å²) in [4.78, 5) is 36.1. The fraction of sp³-hybridized carbons (Fsp3) is 0.833. The topological polar surface area (TPSA) is 78.9 Å². The van der Waals surface area contributed by atoms with E-state index in [-0.39, 0.29) is 35.2 Å². The van der Waals surface area contributed by atoms with E-state index in [0.717, 1.165) is 6.42 Å². The molecule has 6 nitrogen and oxygen atoms in total. The molecule has 0 radical (unpaired) electrons. The molecule has 3 fully saturated rings. The van der Waals surface area contributed by atoms with Crippen LogP contribution in [0.5, 0.6) is 0 Å². The van der Waals surface area contributed by atoms with Gasteiger partial charge in [0.25, 0.3) is 0 Å². The molecule has 3 rings (SSSR count). The van der Waals surface area contributed by atoms with Gasteiger partial charge in [-0.1, -0.05) is 20.8 Å². The lowest BCUT2D eigenvalue weighted by Crippen LogP contribution is -2.45. The first-order valence-electron chi connectivity index (χ1n) is 8.66. The van der Waals surface area contributed by atoms with Crippen LogP contribution in [0.25, 0.3) is 0 Å². The average Bonchev–Trinajstić information content (AvgIpc) is 3.07. The van der Waals surface area contributed by atoms with E-state index in [4.69, 9.17) is 14.2 Å². The first-order valence-corrected chi connectivity index (χ1v) is 8.66. The highest BCUT2D eigenvalue weighted by molar-refractivity contribution is 5.80. The summed E-state index contributed by atoms with van der Waals surface area (Å²) in [7, 11) is 0. The van der Waals surface area contributed by atoms with Crippen LogP contribution in [0.15, 0.2) is 0 Å². The fourth-order valence-electron chi connectivity index (χ4n) is 4.51. The summed E-state index contributed by atoms with van der Waals surface area (Å²) < 4.78 is 16.1. The van der Waals surface area contributed by atoms with Crippen molar-refractivity contribution < 1.29 is 28.6 Å². The Balaban J connectivity index is 1.60. The molecule has 134 valence electrons. The first-order chi connectivity index (χ1) is 11.1. The van der Waals surface area contributed by atoms with E-state index in [1.54, 1.807) is 13.8 Å². The molecule has 24 heavy (non-hydrogen) atoms. The third-order valence-electron chi connectivity index (χ3n) is 6.39. The summed E-state index contributed by atoms with van der Waals surface area (Å²) in [6.45, 7) is 9.11. The molecule has 2 aliphatic carbocycles. The Bertz CT molecular complexity index is 578. The normalized spacial score (nSPS) is 35.7. The van der Waals surface area contributed by atoms with Gasteiger partial charge >= 0.3 is 17.9 Å². The number of rotatable bonds is 5. The van der Waals surface area contributed by atoms with Crippen LogP contribution in [0.1, 0.15) is 47.5 Å². The maximum atomic E-state index is 12.1. The third kappa shape index (κ3) is 2.42. The minimum Gasteiger partial charge on any atom is -0.458 e. The van der Waals surface area contributed by atoms with Crippen molar-refractivity contribution >= 4 is 17.9 Å². The highest BCUT2D eigenvalue weighted by Crippen LogP contribution is 2.64. The molecule has 3 aliphatic rings. The molecular formula is C18H26O6. The number of ether oxygens (including phenoxy) is 3. The largest absolute Gasteiger partial charge is 0.458 e. The van der Waals surface area contributed by atoms with E-state index in [2.05, 4.69) is 0 Å². The highest BCUT2D eigenvalue weighted by Gasteiger charge is 2.71. The SMILES string of the molecule is CCC(C)(C)C(=O)OCC(=O)OC1C2OC(=O)C3C2CC1C3(C)C. The Morgan fingerprint density at radius 3 is 2.62 bits per heavy atom. The number of esters is 3. The van der Waals surface area contributed by atoms with Gasteiger partial charge in [0.05, 0.1) is 11.3 Å². The van der Waals surface area contributed by atoms with Crippen LogP contribution in [-0.2, 0) is 28.6 Å². The van der Waals surface area contributed by atoms with Crippen molar-refractivity contribution in [2.75, 3.05) is 6.61 Å². The molecule has 1 saturated heterocycles. The van der Waals surface area contributed by atoms with E-state index in [1.165, 1.54) is 0 Å². The summed E-state index contributed by atoms with van der Waals surface area (Å²) in [5.41, 5.74) is -0.858. The molecule has 6 heteroatoms. The quantitative estimate of drug-likeness (QED) is 0.564. The van der Waals surface area contributed by atoms with Crippen LogP contribution in [0.3, 0.4) is 0 Å². The van der Waals surface area contributed by atoms with Crippen LogP contribution in [0.2, 0.25) is 0 Å². The van der Waals surface area contributed by atoms with Crippen molar-refractivity contribution in [3.05, 3.63) is 0 Å². The van der Waals surface area contributed by atoms with Crippen molar-refractivity contribution in [3.8, 4) is 0 Å². The van der Waals surface area contributed by atoms with Gasteiger partial charge in [0.15, 0.2) is 6.61 Å². The maximum Gasteiger partial charge on any atom is 0.344 e. The predicted octanol–water partition coefficient (Wildman–Crippen LogP) is 2.10. The molecule has 5 unspecified atom stereocenters. The van der Waals surface area contributed by atoms with Gasteiger partial charge in [-0.3, -0.25) is 9.59 Å². The van der Waals surface area contributed by atoms with Crippen molar-refractivity contribution in [3.63, 3.8) is 0 Å². The Morgan fingerprint density at radius 1 is 1.33 bits per heavy atom. The lowest BCUT2D eigenvalue weighted by atomic mass is 9.68. The van der Waals surface area contributed by atoms with E-state index in [1.807, 2.05) is 20.8 Å². The predicted molar refractivity (Wildman–Crippen MR) is 83.7 cm³/mol. The second-order valence-electron chi connectivity index (χ2n) is 8.47. The number of carbonyl (C=O) groups is 3. The molecule has 0 aromatic carbocycles. The molecule has 0 amide bonds. The smallest absolute Gasteiger partial charge is 0.344 e. The van der Waals surface area contributed by atoms with E-state index < -0.39 is 30.1 Å². The van der Waals surface area contributed by atoms with E-state index in [9.17, 15) is 14.4 Å². The van der Waals surface area contributed by atoms with Crippen molar-refractivity contribution in [2.45, 2.75) is 59.7 Å². The van der Waals surface area contributed by atoms with Gasteiger partial charge in [-0.15, -0.1) is 0 Å². The minimum atomic E-state index is -0.622. The number of hydrogen-bond donors (Lipinski definition) is 0. The highest BCUT2D eigenvalue weighted by atomic mass is 16.6. The molecular weight excluding hydrogens is 312 g/mol. The molecule has 0 N–H and O–H groups in total. The van der Waals surface area contributed by atoms with Gasteiger partial charge in [0.1, 0.15) is 12.2 Å². The number of carbonyl (C=O) groups excluding carboxylic acids is 3. The lowest BCUT2D eigenvalue weighted by Gasteiger charge is -2.37. The van der Waals surface area contributed by atoms with Crippen LogP contribution < -0.4 is 0 Å². The zero-order chi connectivity index (χ0) is 17.9. The molecule has 1 heterocycles. The molecule has 2 bridgehead atoms.